The normalized spacial score (nSPS) is 19.9. The Morgan fingerprint density at radius 2 is 1.80 bits per heavy atom. The second kappa shape index (κ2) is 9.42. The molecule has 1 aliphatic rings. The minimum absolute atomic E-state index is 0.0709. The molecule has 35 heavy (non-hydrogen) atoms. The number of phenols is 3. The lowest BCUT2D eigenvalue weighted by Crippen LogP contribution is -2.54. The molecule has 0 amide bonds. The summed E-state index contributed by atoms with van der Waals surface area (Å²) in [5.41, 5.74) is -0.791. The maximum atomic E-state index is 13.6. The van der Waals surface area contributed by atoms with Crippen LogP contribution in [-0.4, -0.2) is 54.8 Å². The highest BCUT2D eigenvalue weighted by molar-refractivity contribution is 6.12. The van der Waals surface area contributed by atoms with Crippen LogP contribution in [0.5, 0.6) is 17.2 Å². The minimum atomic E-state index is -2.15. The third-order valence-electron chi connectivity index (χ3n) is 5.88. The summed E-state index contributed by atoms with van der Waals surface area (Å²) in [6, 6.07) is 2.36. The van der Waals surface area contributed by atoms with Gasteiger partial charge in [-0.2, -0.15) is 0 Å². The second-order valence-electron chi connectivity index (χ2n) is 9.11. The molecule has 0 heterocycles. The number of Topliss-reactive ketones (excluding diaryl/α,β-unsaturated/α-hetero) is 1. The Balaban J connectivity index is 2.38. The Morgan fingerprint density at radius 1 is 1.14 bits per heavy atom. The first-order chi connectivity index (χ1) is 16.2. The van der Waals surface area contributed by atoms with Gasteiger partial charge in [-0.3, -0.25) is 14.4 Å². The van der Waals surface area contributed by atoms with E-state index in [1.807, 2.05) is 19.9 Å². The molecule has 9 heteroatoms. The van der Waals surface area contributed by atoms with Crippen LogP contribution in [0.2, 0.25) is 0 Å². The summed E-state index contributed by atoms with van der Waals surface area (Å²) in [5, 5.41) is 53.7. The Kier molecular flexibility index (Phi) is 6.94. The lowest BCUT2D eigenvalue weighted by atomic mass is 9.71. The maximum absolute atomic E-state index is 13.6. The second-order valence-corrected chi connectivity index (χ2v) is 9.11. The Morgan fingerprint density at radius 3 is 2.37 bits per heavy atom. The average molecular weight is 485 g/mol. The predicted octanol–water partition coefficient (Wildman–Crippen LogP) is 3.29. The molecule has 2 aromatic rings. The smallest absolute Gasteiger partial charge is 0.303 e. The van der Waals surface area contributed by atoms with Gasteiger partial charge in [0.05, 0.1) is 16.7 Å². The summed E-state index contributed by atoms with van der Waals surface area (Å²) in [5.74, 6) is -4.12. The molecule has 0 spiro atoms. The van der Waals surface area contributed by atoms with Crippen LogP contribution >= 0.6 is 0 Å². The standard InChI is InChI=1S/C26H28O9/c1-12(2)5-6-17-18-8-15(29)9-20(31)21(18)23(32)22-19(17)11-26(34,10-16(30)7-13(3)27)25(24(22)33)35-14(4)28/h5,7-9,25,29-32,34H,6,10-11H2,1-4H3. The molecule has 2 unspecified atom stereocenters. The number of aromatic hydroxyl groups is 3. The van der Waals surface area contributed by atoms with E-state index < -0.39 is 52.9 Å². The molecule has 0 saturated heterocycles. The van der Waals surface area contributed by atoms with Crippen LogP contribution in [0.25, 0.3) is 10.8 Å². The summed E-state index contributed by atoms with van der Waals surface area (Å²) >= 11 is 0. The number of esters is 1. The van der Waals surface area contributed by atoms with Crippen LogP contribution in [0.15, 0.2) is 35.6 Å². The first kappa shape index (κ1) is 25.8. The fourth-order valence-electron chi connectivity index (χ4n) is 4.54. The summed E-state index contributed by atoms with van der Waals surface area (Å²) in [7, 11) is 0. The van der Waals surface area contributed by atoms with Crippen molar-refractivity contribution >= 4 is 28.3 Å². The van der Waals surface area contributed by atoms with Crippen molar-refractivity contribution in [2.24, 2.45) is 0 Å². The maximum Gasteiger partial charge on any atom is 0.303 e. The quantitative estimate of drug-likeness (QED) is 0.179. The Hall–Kier alpha value is -3.85. The van der Waals surface area contributed by atoms with Gasteiger partial charge in [-0.05, 0) is 49.8 Å². The van der Waals surface area contributed by atoms with Crippen molar-refractivity contribution in [1.29, 1.82) is 0 Å². The summed E-state index contributed by atoms with van der Waals surface area (Å²) < 4.78 is 5.15. The molecule has 1 aliphatic carbocycles. The summed E-state index contributed by atoms with van der Waals surface area (Å²) in [4.78, 5) is 36.8. The largest absolute Gasteiger partial charge is 0.512 e. The number of benzene rings is 2. The van der Waals surface area contributed by atoms with Gasteiger partial charge in [0, 0.05) is 31.9 Å². The molecule has 3 rings (SSSR count). The van der Waals surface area contributed by atoms with E-state index in [1.165, 1.54) is 13.0 Å². The van der Waals surface area contributed by atoms with Crippen molar-refractivity contribution in [2.75, 3.05) is 0 Å². The van der Waals surface area contributed by atoms with E-state index in [9.17, 15) is 39.9 Å². The number of hydrogen-bond donors (Lipinski definition) is 5. The van der Waals surface area contributed by atoms with Crippen LogP contribution in [-0.2, 0) is 27.2 Å². The zero-order valence-electron chi connectivity index (χ0n) is 19.9. The number of hydrogen-bond acceptors (Lipinski definition) is 9. The number of rotatable bonds is 6. The van der Waals surface area contributed by atoms with Crippen molar-refractivity contribution in [3.8, 4) is 17.2 Å². The van der Waals surface area contributed by atoms with Gasteiger partial charge >= 0.3 is 5.97 Å². The van der Waals surface area contributed by atoms with Gasteiger partial charge in [-0.1, -0.05) is 11.6 Å². The van der Waals surface area contributed by atoms with Crippen molar-refractivity contribution in [1.82, 2.24) is 0 Å². The average Bonchev–Trinajstić information content (AvgIpc) is 2.68. The Labute approximate surface area is 201 Å². The summed E-state index contributed by atoms with van der Waals surface area (Å²) in [6.07, 6.45) is 0.230. The van der Waals surface area contributed by atoms with Gasteiger partial charge in [0.15, 0.2) is 11.9 Å². The van der Waals surface area contributed by atoms with Crippen molar-refractivity contribution in [2.45, 2.75) is 58.7 Å². The predicted molar refractivity (Wildman–Crippen MR) is 127 cm³/mol. The number of ether oxygens (including phenoxy) is 1. The van der Waals surface area contributed by atoms with Crippen molar-refractivity contribution < 1.29 is 44.7 Å². The van der Waals surface area contributed by atoms with E-state index in [0.717, 1.165) is 24.6 Å². The zero-order valence-corrected chi connectivity index (χ0v) is 19.9. The first-order valence-corrected chi connectivity index (χ1v) is 10.9. The molecule has 186 valence electrons. The molecule has 0 bridgehead atoms. The van der Waals surface area contributed by atoms with Crippen LogP contribution in [0.3, 0.4) is 0 Å². The number of carbonyl (C=O) groups is 3. The Bertz CT molecular complexity index is 1300. The molecule has 0 aromatic heterocycles. The van der Waals surface area contributed by atoms with Gasteiger partial charge in [0.25, 0.3) is 0 Å². The van der Waals surface area contributed by atoms with Gasteiger partial charge in [-0.15, -0.1) is 0 Å². The van der Waals surface area contributed by atoms with E-state index in [-0.39, 0.29) is 40.5 Å². The number of phenolic OH excluding ortho intramolecular Hbond substituents is 3. The van der Waals surface area contributed by atoms with Gasteiger partial charge in [0.1, 0.15) is 22.8 Å². The van der Waals surface area contributed by atoms with Gasteiger partial charge in [0.2, 0.25) is 5.78 Å². The highest BCUT2D eigenvalue weighted by Crippen LogP contribution is 2.47. The first-order valence-electron chi connectivity index (χ1n) is 10.9. The van der Waals surface area contributed by atoms with Crippen molar-refractivity contribution in [3.05, 3.63) is 52.3 Å². The number of ketones is 2. The van der Waals surface area contributed by atoms with E-state index in [0.29, 0.717) is 5.56 Å². The molecule has 2 atom stereocenters. The molecule has 5 N–H and O–H groups in total. The SMILES string of the molecule is CC(=O)C=C(O)CC1(O)Cc2c(c(O)c3c(O)cc(O)cc3c2CC=C(C)C)C(=O)C1OC(C)=O. The van der Waals surface area contributed by atoms with E-state index in [2.05, 4.69) is 0 Å². The third-order valence-corrected chi connectivity index (χ3v) is 5.88. The third kappa shape index (κ3) is 5.00. The van der Waals surface area contributed by atoms with Crippen LogP contribution in [0.4, 0.5) is 0 Å². The van der Waals surface area contributed by atoms with Crippen LogP contribution in [0, 0.1) is 0 Å². The fourth-order valence-corrected chi connectivity index (χ4v) is 4.54. The molecular weight excluding hydrogens is 456 g/mol. The molecule has 0 saturated carbocycles. The lowest BCUT2D eigenvalue weighted by molar-refractivity contribution is -0.158. The monoisotopic (exact) mass is 484 g/mol. The van der Waals surface area contributed by atoms with Gasteiger partial charge in [-0.25, -0.2) is 0 Å². The highest BCUT2D eigenvalue weighted by atomic mass is 16.6. The molecule has 0 fully saturated rings. The molecule has 0 radical (unpaired) electrons. The van der Waals surface area contributed by atoms with E-state index in [4.69, 9.17) is 4.74 Å². The van der Waals surface area contributed by atoms with Crippen LogP contribution in [0.1, 0.15) is 55.6 Å². The van der Waals surface area contributed by atoms with Crippen LogP contribution < -0.4 is 0 Å². The van der Waals surface area contributed by atoms with Gasteiger partial charge < -0.3 is 30.3 Å². The number of aliphatic hydroxyl groups is 2. The highest BCUT2D eigenvalue weighted by Gasteiger charge is 2.51. The lowest BCUT2D eigenvalue weighted by Gasteiger charge is -2.40. The van der Waals surface area contributed by atoms with E-state index in [1.54, 1.807) is 0 Å². The molecular formula is C26H28O9. The topological polar surface area (TPSA) is 162 Å². The number of allylic oxidation sites excluding steroid dienone is 3. The number of fused-ring (bicyclic) bond motifs is 2. The molecule has 0 aliphatic heterocycles. The number of aliphatic hydroxyl groups excluding tert-OH is 1. The molecule has 2 aromatic carbocycles. The molecule has 9 nitrogen and oxygen atoms in total. The van der Waals surface area contributed by atoms with Crippen molar-refractivity contribution in [3.63, 3.8) is 0 Å². The zero-order chi connectivity index (χ0) is 26.2. The minimum Gasteiger partial charge on any atom is -0.512 e. The fraction of sp³-hybridized carbons (Fsp3) is 0.346. The summed E-state index contributed by atoms with van der Waals surface area (Å²) in [6.45, 7) is 5.95. The van der Waals surface area contributed by atoms with E-state index >= 15 is 0 Å². The number of carbonyl (C=O) groups excluding carboxylic acids is 3.